The second kappa shape index (κ2) is 3.94. The Bertz CT molecular complexity index is 285. The summed E-state index contributed by atoms with van der Waals surface area (Å²) >= 11 is 6.43. The van der Waals surface area contributed by atoms with Gasteiger partial charge in [-0.05, 0) is 18.2 Å². The zero-order valence-corrected chi connectivity index (χ0v) is 10.0. The van der Waals surface area contributed by atoms with Gasteiger partial charge >= 0.3 is 5.97 Å². The first kappa shape index (κ1) is 10.9. The van der Waals surface area contributed by atoms with Crippen LogP contribution in [0.1, 0.15) is 6.92 Å². The van der Waals surface area contributed by atoms with Gasteiger partial charge in [0, 0.05) is 11.4 Å². The summed E-state index contributed by atoms with van der Waals surface area (Å²) in [6, 6.07) is 0. The molecule has 0 radical (unpaired) electrons. The van der Waals surface area contributed by atoms with Crippen molar-refractivity contribution in [3.8, 4) is 0 Å². The third-order valence-corrected chi connectivity index (χ3v) is 2.94. The Morgan fingerprint density at radius 1 is 1.77 bits per heavy atom. The van der Waals surface area contributed by atoms with Gasteiger partial charge in [0.1, 0.15) is 4.83 Å². The molecule has 5 heteroatoms. The molecular formula is C8H8Br2O3. The minimum Gasteiger partial charge on any atom is -0.428 e. The first-order valence-corrected chi connectivity index (χ1v) is 5.27. The van der Waals surface area contributed by atoms with Crippen molar-refractivity contribution in [2.24, 2.45) is 0 Å². The summed E-state index contributed by atoms with van der Waals surface area (Å²) in [7, 11) is 0. The van der Waals surface area contributed by atoms with Crippen LogP contribution >= 0.6 is 31.9 Å². The van der Waals surface area contributed by atoms with Gasteiger partial charge in [-0.25, -0.2) is 0 Å². The molecule has 0 unspecified atom stereocenters. The van der Waals surface area contributed by atoms with Crippen LogP contribution in [-0.4, -0.2) is 21.7 Å². The summed E-state index contributed by atoms with van der Waals surface area (Å²) in [6.45, 7) is 1.25. The molecule has 0 bridgehead atoms. The molecule has 1 rings (SSSR count). The summed E-state index contributed by atoms with van der Waals surface area (Å²) in [5, 5.41) is 9.79. The number of halogens is 2. The van der Waals surface area contributed by atoms with Crippen LogP contribution in [0.3, 0.4) is 0 Å². The van der Waals surface area contributed by atoms with E-state index in [9.17, 15) is 9.90 Å². The van der Waals surface area contributed by atoms with Gasteiger partial charge in [-0.15, -0.1) is 0 Å². The minimum atomic E-state index is -1.58. The lowest BCUT2D eigenvalue weighted by atomic mass is 10.1. The Balaban J connectivity index is 2.82. The Hall–Kier alpha value is -0.130. The van der Waals surface area contributed by atoms with Crippen LogP contribution in [0.2, 0.25) is 0 Å². The normalized spacial score (nSPS) is 32.6. The predicted molar refractivity (Wildman–Crippen MR) is 55.6 cm³/mol. The van der Waals surface area contributed by atoms with Crippen LogP contribution in [0, 0.1) is 0 Å². The van der Waals surface area contributed by atoms with Crippen molar-refractivity contribution in [3.05, 3.63) is 22.7 Å². The molecule has 72 valence electrons. The highest BCUT2D eigenvalue weighted by Crippen LogP contribution is 2.30. The molecule has 0 aromatic rings. The molecule has 13 heavy (non-hydrogen) atoms. The first-order chi connectivity index (χ1) is 5.94. The lowest BCUT2D eigenvalue weighted by Gasteiger charge is -2.29. The van der Waals surface area contributed by atoms with Crippen molar-refractivity contribution >= 4 is 37.8 Å². The molecule has 0 fully saturated rings. The molecule has 0 spiro atoms. The largest absolute Gasteiger partial charge is 0.428 e. The lowest BCUT2D eigenvalue weighted by molar-refractivity contribution is -0.184. The standard InChI is InChI=1S/C8H8Br2O3/c1-5(11)13-8(12)3-2-6(9)4-7(8)10/h2-4,7,12H,1H3/t7-,8-/m1/s1. The van der Waals surface area contributed by atoms with E-state index in [0.29, 0.717) is 0 Å². The van der Waals surface area contributed by atoms with E-state index in [4.69, 9.17) is 4.74 Å². The van der Waals surface area contributed by atoms with E-state index in [1.807, 2.05) is 0 Å². The molecule has 0 amide bonds. The second-order valence-corrected chi connectivity index (χ2v) is 4.53. The van der Waals surface area contributed by atoms with E-state index >= 15 is 0 Å². The zero-order valence-electron chi connectivity index (χ0n) is 6.83. The quantitative estimate of drug-likeness (QED) is 0.457. The third kappa shape index (κ3) is 2.65. The molecule has 0 aromatic heterocycles. The van der Waals surface area contributed by atoms with E-state index in [0.717, 1.165) is 4.48 Å². The molecule has 1 N–H and O–H groups in total. The summed E-state index contributed by atoms with van der Waals surface area (Å²) in [5.41, 5.74) is 0. The van der Waals surface area contributed by atoms with Gasteiger partial charge in [-0.2, -0.15) is 0 Å². The van der Waals surface area contributed by atoms with Gasteiger partial charge in [0.15, 0.2) is 0 Å². The molecule has 0 saturated heterocycles. The fraction of sp³-hybridized carbons (Fsp3) is 0.375. The number of carbonyl (C=O) groups excluding carboxylic acids is 1. The fourth-order valence-corrected chi connectivity index (χ4v) is 2.21. The van der Waals surface area contributed by atoms with Gasteiger partial charge in [0.05, 0.1) is 0 Å². The monoisotopic (exact) mass is 310 g/mol. The van der Waals surface area contributed by atoms with Crippen LogP contribution in [0.15, 0.2) is 22.7 Å². The summed E-state index contributed by atoms with van der Waals surface area (Å²) in [4.78, 5) is 10.2. The average Bonchev–Trinajstić information content (AvgIpc) is 1.97. The van der Waals surface area contributed by atoms with Crippen molar-refractivity contribution in [1.82, 2.24) is 0 Å². The Kier molecular flexibility index (Phi) is 3.32. The molecule has 1 aliphatic carbocycles. The van der Waals surface area contributed by atoms with E-state index in [2.05, 4.69) is 31.9 Å². The van der Waals surface area contributed by atoms with E-state index in [-0.39, 0.29) is 0 Å². The molecule has 3 nitrogen and oxygen atoms in total. The van der Waals surface area contributed by atoms with Crippen LogP contribution in [0.5, 0.6) is 0 Å². The predicted octanol–water partition coefficient (Wildman–Crippen LogP) is 1.85. The number of aliphatic hydroxyl groups is 1. The van der Waals surface area contributed by atoms with Crippen LogP contribution < -0.4 is 0 Å². The van der Waals surface area contributed by atoms with E-state index < -0.39 is 16.6 Å². The van der Waals surface area contributed by atoms with Gasteiger partial charge in [0.2, 0.25) is 5.79 Å². The zero-order chi connectivity index (χ0) is 10.1. The second-order valence-electron chi connectivity index (χ2n) is 2.63. The Morgan fingerprint density at radius 2 is 2.38 bits per heavy atom. The minimum absolute atomic E-state index is 0.441. The van der Waals surface area contributed by atoms with Crippen molar-refractivity contribution in [3.63, 3.8) is 0 Å². The maximum Gasteiger partial charge on any atom is 0.305 e. The van der Waals surface area contributed by atoms with Gasteiger partial charge in [0.25, 0.3) is 0 Å². The molecule has 2 atom stereocenters. The maximum atomic E-state index is 10.7. The smallest absolute Gasteiger partial charge is 0.305 e. The van der Waals surface area contributed by atoms with Crippen molar-refractivity contribution in [1.29, 1.82) is 0 Å². The molecule has 0 aromatic carbocycles. The van der Waals surface area contributed by atoms with Crippen LogP contribution in [-0.2, 0) is 9.53 Å². The first-order valence-electron chi connectivity index (χ1n) is 3.56. The number of ether oxygens (including phenoxy) is 1. The van der Waals surface area contributed by atoms with Crippen molar-refractivity contribution in [2.75, 3.05) is 0 Å². The number of esters is 1. The number of hydrogen-bond acceptors (Lipinski definition) is 3. The molecule has 1 aliphatic rings. The average molecular weight is 312 g/mol. The fourth-order valence-electron chi connectivity index (χ4n) is 0.926. The summed E-state index contributed by atoms with van der Waals surface area (Å²) in [6.07, 6.45) is 4.74. The lowest BCUT2D eigenvalue weighted by Crippen LogP contribution is -2.41. The van der Waals surface area contributed by atoms with Crippen molar-refractivity contribution in [2.45, 2.75) is 17.5 Å². The van der Waals surface area contributed by atoms with Crippen LogP contribution in [0.25, 0.3) is 0 Å². The summed E-state index contributed by atoms with van der Waals surface area (Å²) in [5.74, 6) is -2.11. The van der Waals surface area contributed by atoms with E-state index in [1.54, 1.807) is 12.2 Å². The molecular weight excluding hydrogens is 304 g/mol. The van der Waals surface area contributed by atoms with E-state index in [1.165, 1.54) is 13.0 Å². The van der Waals surface area contributed by atoms with Crippen LogP contribution in [0.4, 0.5) is 0 Å². The number of allylic oxidation sites excluding steroid dienone is 2. The van der Waals surface area contributed by atoms with Gasteiger partial charge in [-0.1, -0.05) is 31.9 Å². The number of hydrogen-bond donors (Lipinski definition) is 1. The summed E-state index contributed by atoms with van der Waals surface area (Å²) < 4.78 is 5.58. The highest BCUT2D eigenvalue weighted by atomic mass is 79.9. The number of alkyl halides is 1. The molecule has 0 heterocycles. The molecule has 0 aliphatic heterocycles. The Labute approximate surface area is 92.7 Å². The number of carbonyl (C=O) groups is 1. The van der Waals surface area contributed by atoms with Gasteiger partial charge < -0.3 is 9.84 Å². The van der Waals surface area contributed by atoms with Crippen molar-refractivity contribution < 1.29 is 14.6 Å². The SMILES string of the molecule is CC(=O)O[C@]1(O)C=CC(Br)=C[C@H]1Br. The maximum absolute atomic E-state index is 10.7. The third-order valence-electron chi connectivity index (χ3n) is 1.49. The van der Waals surface area contributed by atoms with Gasteiger partial charge in [-0.3, -0.25) is 4.79 Å². The number of rotatable bonds is 1. The highest BCUT2D eigenvalue weighted by Gasteiger charge is 2.36. The highest BCUT2D eigenvalue weighted by molar-refractivity contribution is 9.12. The Morgan fingerprint density at radius 3 is 2.85 bits per heavy atom. The molecule has 0 saturated carbocycles. The topological polar surface area (TPSA) is 46.5 Å².